The molecule has 0 unspecified atom stereocenters. The average Bonchev–Trinajstić information content (AvgIpc) is 2.69. The molecule has 1 fully saturated rings. The second-order valence-corrected chi connectivity index (χ2v) is 6.62. The van der Waals surface area contributed by atoms with E-state index in [0.717, 1.165) is 0 Å². The summed E-state index contributed by atoms with van der Waals surface area (Å²) in [5.41, 5.74) is 3.79. The highest BCUT2D eigenvalue weighted by molar-refractivity contribution is 5.76. The lowest BCUT2D eigenvalue weighted by molar-refractivity contribution is 0.216. The highest BCUT2D eigenvalue weighted by Gasteiger charge is 2.25. The zero-order chi connectivity index (χ0) is 16.2. The molecule has 24 heavy (non-hydrogen) atoms. The molecular weight excluding hydrogens is 292 g/mol. The maximum absolute atomic E-state index is 2.46. The molecule has 2 aromatic carbocycles. The molecule has 1 aliphatic carbocycles. The van der Waals surface area contributed by atoms with Crippen molar-refractivity contribution >= 4 is 11.3 Å². The molecule has 2 heteroatoms. The fourth-order valence-corrected chi connectivity index (χ4v) is 3.70. The Kier molecular flexibility index (Phi) is 4.37. The van der Waals surface area contributed by atoms with Gasteiger partial charge < -0.3 is 0 Å². The first-order valence-corrected chi connectivity index (χ1v) is 9.00. The monoisotopic (exact) mass is 316 g/mol. The highest BCUT2D eigenvalue weighted by atomic mass is 15.6. The Hall–Kier alpha value is -2.48. The number of hydrogen-bond donors (Lipinski definition) is 0. The minimum Gasteiger partial charge on any atom is -0.285 e. The summed E-state index contributed by atoms with van der Waals surface area (Å²) in [7, 11) is 0. The predicted octanol–water partition coefficient (Wildman–Crippen LogP) is 5.61. The van der Waals surface area contributed by atoms with E-state index in [2.05, 4.69) is 89.2 Å². The minimum absolute atomic E-state index is 0.586. The number of allylic oxidation sites excluding steroid dienone is 2. The number of anilines is 1. The zero-order valence-corrected chi connectivity index (χ0v) is 14.0. The van der Waals surface area contributed by atoms with Crippen LogP contribution in [-0.2, 0) is 0 Å². The molecule has 0 saturated heterocycles. The Labute approximate surface area is 144 Å². The van der Waals surface area contributed by atoms with Gasteiger partial charge in [0.25, 0.3) is 0 Å². The van der Waals surface area contributed by atoms with Crippen molar-refractivity contribution in [3.05, 3.63) is 84.7 Å². The molecular formula is C22H24N2. The van der Waals surface area contributed by atoms with Crippen LogP contribution in [0.25, 0.3) is 5.57 Å². The third kappa shape index (κ3) is 3.09. The first-order chi connectivity index (χ1) is 11.9. The van der Waals surface area contributed by atoms with Crippen LogP contribution in [0.15, 0.2) is 79.1 Å². The Morgan fingerprint density at radius 2 is 1.42 bits per heavy atom. The number of hydrogen-bond acceptors (Lipinski definition) is 2. The van der Waals surface area contributed by atoms with Crippen molar-refractivity contribution in [2.75, 3.05) is 5.01 Å². The van der Waals surface area contributed by atoms with E-state index in [9.17, 15) is 0 Å². The van der Waals surface area contributed by atoms with Crippen LogP contribution < -0.4 is 5.01 Å². The molecule has 0 radical (unpaired) electrons. The molecule has 2 nitrogen and oxygen atoms in total. The molecule has 0 aromatic heterocycles. The summed E-state index contributed by atoms with van der Waals surface area (Å²) < 4.78 is 0. The van der Waals surface area contributed by atoms with E-state index in [1.807, 2.05) is 0 Å². The summed E-state index contributed by atoms with van der Waals surface area (Å²) in [6, 6.07) is 21.9. The molecule has 2 aliphatic rings. The van der Waals surface area contributed by atoms with E-state index in [1.165, 1.54) is 48.9 Å². The largest absolute Gasteiger partial charge is 0.285 e. The van der Waals surface area contributed by atoms with Gasteiger partial charge in [-0.3, -0.25) is 10.0 Å². The number of rotatable bonds is 3. The maximum atomic E-state index is 2.46. The molecule has 0 bridgehead atoms. The van der Waals surface area contributed by atoms with Gasteiger partial charge in [0.2, 0.25) is 0 Å². The van der Waals surface area contributed by atoms with Crippen LogP contribution in [0.3, 0.4) is 0 Å². The van der Waals surface area contributed by atoms with Crippen molar-refractivity contribution in [3.63, 3.8) is 0 Å². The van der Waals surface area contributed by atoms with Gasteiger partial charge in [0, 0.05) is 18.0 Å². The summed E-state index contributed by atoms with van der Waals surface area (Å²) in [6.07, 6.45) is 13.4. The fraction of sp³-hybridized carbons (Fsp3) is 0.273. The Morgan fingerprint density at radius 3 is 2.12 bits per heavy atom. The Balaban J connectivity index is 1.68. The highest BCUT2D eigenvalue weighted by Crippen LogP contribution is 2.32. The molecule has 1 heterocycles. The molecule has 1 aliphatic heterocycles. The smallest absolute Gasteiger partial charge is 0.0625 e. The van der Waals surface area contributed by atoms with Gasteiger partial charge in [-0.25, -0.2) is 0 Å². The number of para-hydroxylation sites is 1. The van der Waals surface area contributed by atoms with Crippen molar-refractivity contribution in [2.45, 2.75) is 38.1 Å². The van der Waals surface area contributed by atoms with Crippen LogP contribution in [0.2, 0.25) is 0 Å². The lowest BCUT2D eigenvalue weighted by Gasteiger charge is -2.43. The van der Waals surface area contributed by atoms with E-state index in [0.29, 0.717) is 6.04 Å². The third-order valence-electron chi connectivity index (χ3n) is 4.99. The molecule has 0 N–H and O–H groups in total. The number of hydrazine groups is 1. The average molecular weight is 316 g/mol. The fourth-order valence-electron chi connectivity index (χ4n) is 3.70. The quantitative estimate of drug-likeness (QED) is 0.726. The second kappa shape index (κ2) is 6.96. The van der Waals surface area contributed by atoms with Crippen molar-refractivity contribution in [1.29, 1.82) is 0 Å². The van der Waals surface area contributed by atoms with Gasteiger partial charge in [-0.15, -0.1) is 0 Å². The van der Waals surface area contributed by atoms with Gasteiger partial charge in [-0.2, -0.15) is 0 Å². The SMILES string of the molecule is C1=CN(c2ccccc2)N(C2CCCCC2)C=C1c1ccccc1. The lowest BCUT2D eigenvalue weighted by Crippen LogP contribution is -2.45. The summed E-state index contributed by atoms with van der Waals surface area (Å²) in [4.78, 5) is 0. The first-order valence-electron chi connectivity index (χ1n) is 9.00. The minimum atomic E-state index is 0.586. The van der Waals surface area contributed by atoms with Crippen molar-refractivity contribution in [3.8, 4) is 0 Å². The molecule has 0 atom stereocenters. The first kappa shape index (κ1) is 15.1. The van der Waals surface area contributed by atoms with Gasteiger partial charge in [0.1, 0.15) is 0 Å². The number of nitrogens with zero attached hydrogens (tertiary/aromatic N) is 2. The number of benzene rings is 2. The van der Waals surface area contributed by atoms with Gasteiger partial charge in [-0.1, -0.05) is 67.8 Å². The third-order valence-corrected chi connectivity index (χ3v) is 4.99. The van der Waals surface area contributed by atoms with Crippen LogP contribution in [0.1, 0.15) is 37.7 Å². The molecule has 0 amide bonds. The summed E-state index contributed by atoms with van der Waals surface area (Å²) in [5, 5.41) is 4.76. The van der Waals surface area contributed by atoms with E-state index in [4.69, 9.17) is 0 Å². The summed E-state index contributed by atoms with van der Waals surface area (Å²) in [5.74, 6) is 0. The van der Waals surface area contributed by atoms with E-state index in [1.54, 1.807) is 0 Å². The lowest BCUT2D eigenvalue weighted by atomic mass is 9.94. The Bertz CT molecular complexity index is 712. The van der Waals surface area contributed by atoms with Crippen LogP contribution in [0, 0.1) is 0 Å². The molecule has 1 saturated carbocycles. The summed E-state index contributed by atoms with van der Waals surface area (Å²) in [6.45, 7) is 0. The predicted molar refractivity (Wildman–Crippen MR) is 101 cm³/mol. The van der Waals surface area contributed by atoms with E-state index >= 15 is 0 Å². The second-order valence-electron chi connectivity index (χ2n) is 6.62. The molecule has 4 rings (SSSR count). The van der Waals surface area contributed by atoms with Gasteiger partial charge in [-0.05, 0) is 36.6 Å². The van der Waals surface area contributed by atoms with E-state index < -0.39 is 0 Å². The van der Waals surface area contributed by atoms with Crippen molar-refractivity contribution in [1.82, 2.24) is 5.01 Å². The molecule has 2 aromatic rings. The van der Waals surface area contributed by atoms with Crippen molar-refractivity contribution in [2.24, 2.45) is 0 Å². The molecule has 122 valence electrons. The maximum Gasteiger partial charge on any atom is 0.0625 e. The Morgan fingerprint density at radius 1 is 0.750 bits per heavy atom. The van der Waals surface area contributed by atoms with Crippen molar-refractivity contribution < 1.29 is 0 Å². The molecule has 0 spiro atoms. The van der Waals surface area contributed by atoms with Crippen LogP contribution in [0.5, 0.6) is 0 Å². The zero-order valence-electron chi connectivity index (χ0n) is 14.0. The van der Waals surface area contributed by atoms with Gasteiger partial charge in [0.15, 0.2) is 0 Å². The normalized spacial score (nSPS) is 18.6. The topological polar surface area (TPSA) is 6.48 Å². The standard InChI is InChI=1S/C22H24N2/c1-4-10-19(11-5-1)20-16-17-23(21-12-6-2-7-13-21)24(18-20)22-14-8-3-9-15-22/h1-2,4-7,10-13,16-18,22H,3,8-9,14-15H2. The summed E-state index contributed by atoms with van der Waals surface area (Å²) >= 11 is 0. The van der Waals surface area contributed by atoms with Crippen LogP contribution >= 0.6 is 0 Å². The van der Waals surface area contributed by atoms with Crippen LogP contribution in [0.4, 0.5) is 5.69 Å². The van der Waals surface area contributed by atoms with E-state index in [-0.39, 0.29) is 0 Å². The van der Waals surface area contributed by atoms with Gasteiger partial charge >= 0.3 is 0 Å². The van der Waals surface area contributed by atoms with Crippen LogP contribution in [-0.4, -0.2) is 11.1 Å². The van der Waals surface area contributed by atoms with Gasteiger partial charge in [0.05, 0.1) is 11.7 Å².